The zero-order valence-corrected chi connectivity index (χ0v) is 12.4. The molecule has 1 saturated carbocycles. The monoisotopic (exact) mass is 285 g/mol. The molecule has 21 heavy (non-hydrogen) atoms. The van der Waals surface area contributed by atoms with Crippen LogP contribution in [0.1, 0.15) is 25.0 Å². The van der Waals surface area contributed by atoms with Gasteiger partial charge in [0.25, 0.3) is 0 Å². The van der Waals surface area contributed by atoms with Gasteiger partial charge < -0.3 is 4.90 Å². The smallest absolute Gasteiger partial charge is 0.225 e. The number of aromatic nitrogens is 1. The third kappa shape index (κ3) is 2.57. The van der Waals surface area contributed by atoms with Crippen LogP contribution in [0.3, 0.4) is 0 Å². The van der Waals surface area contributed by atoms with Crippen molar-refractivity contribution in [2.24, 2.45) is 17.8 Å². The average molecular weight is 285 g/mol. The van der Waals surface area contributed by atoms with Gasteiger partial charge in [0.15, 0.2) is 0 Å². The summed E-state index contributed by atoms with van der Waals surface area (Å²) in [4.78, 5) is 21.4. The minimum Gasteiger partial charge on any atom is -0.342 e. The van der Waals surface area contributed by atoms with E-state index >= 15 is 0 Å². The molecule has 3 heterocycles. The second-order valence-electron chi connectivity index (χ2n) is 6.91. The first kappa shape index (κ1) is 13.3. The Hall–Kier alpha value is -1.42. The summed E-state index contributed by atoms with van der Waals surface area (Å²) in [5, 5.41) is 0. The predicted octanol–water partition coefficient (Wildman–Crippen LogP) is 1.77. The molecule has 112 valence electrons. The van der Waals surface area contributed by atoms with Gasteiger partial charge in [-0.25, -0.2) is 0 Å². The second-order valence-corrected chi connectivity index (χ2v) is 6.91. The van der Waals surface area contributed by atoms with Gasteiger partial charge in [0, 0.05) is 44.8 Å². The lowest BCUT2D eigenvalue weighted by Crippen LogP contribution is -2.39. The maximum absolute atomic E-state index is 12.3. The number of carbonyl (C=O) groups excluding carboxylic acids is 1. The fraction of sp³-hybridized carbons (Fsp3) is 0.647. The Labute approximate surface area is 126 Å². The van der Waals surface area contributed by atoms with E-state index in [1.54, 1.807) is 0 Å². The number of hydrogen-bond acceptors (Lipinski definition) is 3. The van der Waals surface area contributed by atoms with Crippen LogP contribution >= 0.6 is 0 Å². The Bertz CT molecular complexity index is 500. The topological polar surface area (TPSA) is 36.4 Å². The third-order valence-corrected chi connectivity index (χ3v) is 5.44. The summed E-state index contributed by atoms with van der Waals surface area (Å²) in [7, 11) is 0. The summed E-state index contributed by atoms with van der Waals surface area (Å²) in [6, 6.07) is 6.12. The molecule has 2 atom stereocenters. The van der Waals surface area contributed by atoms with Crippen LogP contribution in [0.15, 0.2) is 24.4 Å². The average Bonchev–Trinajstić information content (AvgIpc) is 2.95. The second kappa shape index (κ2) is 5.41. The molecule has 4 rings (SSSR count). The van der Waals surface area contributed by atoms with Crippen molar-refractivity contribution in [2.75, 3.05) is 26.2 Å². The van der Waals surface area contributed by atoms with Gasteiger partial charge in [-0.2, -0.15) is 0 Å². The van der Waals surface area contributed by atoms with Gasteiger partial charge in [0.1, 0.15) is 0 Å². The van der Waals surface area contributed by atoms with Crippen molar-refractivity contribution in [3.05, 3.63) is 30.1 Å². The number of hydrogen-bond donors (Lipinski definition) is 0. The van der Waals surface area contributed by atoms with E-state index in [0.717, 1.165) is 51.3 Å². The molecule has 0 aromatic carbocycles. The normalized spacial score (nSPS) is 29.4. The molecule has 0 spiro atoms. The Balaban J connectivity index is 1.32. The minimum absolute atomic E-state index is 0.355. The maximum Gasteiger partial charge on any atom is 0.225 e. The summed E-state index contributed by atoms with van der Waals surface area (Å²) >= 11 is 0. The van der Waals surface area contributed by atoms with E-state index in [2.05, 4.69) is 26.9 Å². The van der Waals surface area contributed by atoms with Gasteiger partial charge in [-0.05, 0) is 36.8 Å². The molecule has 4 heteroatoms. The van der Waals surface area contributed by atoms with E-state index in [4.69, 9.17) is 0 Å². The van der Waals surface area contributed by atoms with E-state index in [-0.39, 0.29) is 0 Å². The molecule has 0 N–H and O–H groups in total. The summed E-state index contributed by atoms with van der Waals surface area (Å²) < 4.78 is 0. The van der Waals surface area contributed by atoms with Crippen LogP contribution in [0.25, 0.3) is 0 Å². The Morgan fingerprint density at radius 2 is 1.90 bits per heavy atom. The Morgan fingerprint density at radius 3 is 2.48 bits per heavy atom. The van der Waals surface area contributed by atoms with Gasteiger partial charge in [0.05, 0.1) is 5.69 Å². The summed E-state index contributed by atoms with van der Waals surface area (Å²) in [5.74, 6) is 2.15. The number of rotatable bonds is 3. The largest absolute Gasteiger partial charge is 0.342 e. The predicted molar refractivity (Wildman–Crippen MR) is 80.4 cm³/mol. The molecule has 2 saturated heterocycles. The standard InChI is InChI=1S/C17H23N3O/c21-17(13-4-3-5-13)20-10-14-8-19(9-15(14)11-20)12-16-6-1-2-7-18-16/h1-2,6-7,13-15H,3-5,8-12H2/t14-,15+. The number of pyridine rings is 1. The van der Waals surface area contributed by atoms with Crippen LogP contribution in [0.4, 0.5) is 0 Å². The van der Waals surface area contributed by atoms with Crippen molar-refractivity contribution in [1.29, 1.82) is 0 Å². The SMILES string of the molecule is O=C(C1CCC1)N1C[C@H]2CN(Cc3ccccn3)C[C@H]2C1. The molecule has 0 unspecified atom stereocenters. The number of likely N-dealkylation sites (tertiary alicyclic amines) is 2. The van der Waals surface area contributed by atoms with E-state index in [1.807, 2.05) is 12.3 Å². The highest BCUT2D eigenvalue weighted by Gasteiger charge is 2.43. The molecular weight excluding hydrogens is 262 g/mol. The number of carbonyl (C=O) groups is 1. The fourth-order valence-corrected chi connectivity index (χ4v) is 4.03. The van der Waals surface area contributed by atoms with Crippen LogP contribution < -0.4 is 0 Å². The van der Waals surface area contributed by atoms with Gasteiger partial charge >= 0.3 is 0 Å². The Morgan fingerprint density at radius 1 is 1.14 bits per heavy atom. The van der Waals surface area contributed by atoms with Gasteiger partial charge in [-0.15, -0.1) is 0 Å². The molecule has 3 aliphatic rings. The summed E-state index contributed by atoms with van der Waals surface area (Å²) in [6.45, 7) is 5.16. The van der Waals surface area contributed by atoms with E-state index in [1.165, 1.54) is 6.42 Å². The first-order chi connectivity index (χ1) is 10.3. The highest BCUT2D eigenvalue weighted by Crippen LogP contribution is 2.35. The fourth-order valence-electron chi connectivity index (χ4n) is 4.03. The lowest BCUT2D eigenvalue weighted by atomic mass is 9.84. The van der Waals surface area contributed by atoms with Crippen molar-refractivity contribution >= 4 is 5.91 Å². The molecule has 1 amide bonds. The molecular formula is C17H23N3O. The van der Waals surface area contributed by atoms with Crippen molar-refractivity contribution in [2.45, 2.75) is 25.8 Å². The molecule has 0 radical (unpaired) electrons. The van der Waals surface area contributed by atoms with E-state index in [0.29, 0.717) is 23.7 Å². The van der Waals surface area contributed by atoms with Crippen LogP contribution in [0.5, 0.6) is 0 Å². The van der Waals surface area contributed by atoms with Crippen LogP contribution in [-0.4, -0.2) is 46.9 Å². The van der Waals surface area contributed by atoms with Crippen LogP contribution in [-0.2, 0) is 11.3 Å². The molecule has 1 aromatic heterocycles. The molecule has 4 nitrogen and oxygen atoms in total. The first-order valence-corrected chi connectivity index (χ1v) is 8.20. The van der Waals surface area contributed by atoms with Gasteiger partial charge in [-0.3, -0.25) is 14.7 Å². The zero-order valence-electron chi connectivity index (χ0n) is 12.4. The number of fused-ring (bicyclic) bond motifs is 1. The quantitative estimate of drug-likeness (QED) is 0.849. The summed E-state index contributed by atoms with van der Waals surface area (Å²) in [6.07, 6.45) is 5.35. The molecule has 2 aliphatic heterocycles. The van der Waals surface area contributed by atoms with Gasteiger partial charge in [0.2, 0.25) is 5.91 Å². The highest BCUT2D eigenvalue weighted by molar-refractivity contribution is 5.79. The summed E-state index contributed by atoms with van der Waals surface area (Å²) in [5.41, 5.74) is 1.15. The third-order valence-electron chi connectivity index (χ3n) is 5.44. The number of amides is 1. The highest BCUT2D eigenvalue weighted by atomic mass is 16.2. The minimum atomic E-state index is 0.355. The van der Waals surface area contributed by atoms with Crippen molar-refractivity contribution in [3.63, 3.8) is 0 Å². The van der Waals surface area contributed by atoms with Gasteiger partial charge in [-0.1, -0.05) is 12.5 Å². The lowest BCUT2D eigenvalue weighted by molar-refractivity contribution is -0.137. The van der Waals surface area contributed by atoms with Crippen LogP contribution in [0.2, 0.25) is 0 Å². The van der Waals surface area contributed by atoms with E-state index < -0.39 is 0 Å². The molecule has 0 bridgehead atoms. The molecule has 1 aromatic rings. The first-order valence-electron chi connectivity index (χ1n) is 8.20. The van der Waals surface area contributed by atoms with E-state index in [9.17, 15) is 4.79 Å². The van der Waals surface area contributed by atoms with Crippen LogP contribution in [0, 0.1) is 17.8 Å². The lowest BCUT2D eigenvalue weighted by Gasteiger charge is -2.30. The van der Waals surface area contributed by atoms with Crippen molar-refractivity contribution in [1.82, 2.24) is 14.8 Å². The zero-order chi connectivity index (χ0) is 14.2. The Kier molecular flexibility index (Phi) is 3.42. The molecule has 1 aliphatic carbocycles. The van der Waals surface area contributed by atoms with Crippen molar-refractivity contribution < 1.29 is 4.79 Å². The molecule has 3 fully saturated rings. The number of nitrogens with zero attached hydrogens (tertiary/aromatic N) is 3. The van der Waals surface area contributed by atoms with Crippen molar-refractivity contribution in [3.8, 4) is 0 Å². The maximum atomic E-state index is 12.3.